The van der Waals surface area contributed by atoms with Gasteiger partial charge in [-0.2, -0.15) is 0 Å². The average Bonchev–Trinajstić information content (AvgIpc) is 2.81. The number of fused-ring (bicyclic) bond motifs is 1. The van der Waals surface area contributed by atoms with Crippen LogP contribution in [-0.4, -0.2) is 48.9 Å². The summed E-state index contributed by atoms with van der Waals surface area (Å²) in [6.07, 6.45) is 1.35. The Kier molecular flexibility index (Phi) is 3.13. The van der Waals surface area contributed by atoms with E-state index >= 15 is 0 Å². The van der Waals surface area contributed by atoms with E-state index < -0.39 is 9.84 Å². The molecule has 3 rings (SSSR count). The van der Waals surface area contributed by atoms with E-state index in [1.807, 2.05) is 18.2 Å². The van der Waals surface area contributed by atoms with E-state index in [-0.39, 0.29) is 32.5 Å². The van der Waals surface area contributed by atoms with Gasteiger partial charge in [0.05, 0.1) is 0 Å². The summed E-state index contributed by atoms with van der Waals surface area (Å²) in [7, 11) is -2.80. The second-order valence-corrected chi connectivity index (χ2v) is 7.92. The van der Waals surface area contributed by atoms with Crippen LogP contribution in [0.5, 0.6) is 0 Å². The number of sulfone groups is 1. The van der Waals surface area contributed by atoms with Crippen molar-refractivity contribution in [3.8, 4) is 0 Å². The maximum atomic E-state index is 11.4. The van der Waals surface area contributed by atoms with E-state index in [0.717, 1.165) is 16.7 Å². The number of nitrogens with zero attached hydrogens (tertiary/aromatic N) is 2. The summed E-state index contributed by atoms with van der Waals surface area (Å²) in [4.78, 5) is 0. The van der Waals surface area contributed by atoms with Gasteiger partial charge >= 0.3 is 112 Å². The number of hydrogen-bond donors (Lipinski definition) is 1. The maximum absolute atomic E-state index is 11.4. The molecule has 1 saturated heterocycles. The fourth-order valence-corrected chi connectivity index (χ4v) is 4.82. The van der Waals surface area contributed by atoms with Gasteiger partial charge in [0.1, 0.15) is 0 Å². The van der Waals surface area contributed by atoms with E-state index in [2.05, 4.69) is 13.3 Å². The predicted molar refractivity (Wildman–Crippen MR) is 71.8 cm³/mol. The van der Waals surface area contributed by atoms with Gasteiger partial charge in [-0.05, 0) is 0 Å². The van der Waals surface area contributed by atoms with E-state index in [4.69, 9.17) is 0 Å². The zero-order valence-electron chi connectivity index (χ0n) is 9.67. The topological polar surface area (TPSA) is 72.0 Å². The van der Waals surface area contributed by atoms with Crippen LogP contribution in [0.4, 0.5) is 5.69 Å². The molecule has 1 N–H and O–H groups in total. The summed E-state index contributed by atoms with van der Waals surface area (Å²) >= 11 is -0.0317. The normalized spacial score (nSPS) is 20.0. The summed E-state index contributed by atoms with van der Waals surface area (Å²) in [6.45, 7) is 0. The molecule has 1 aromatic carbocycles. The monoisotopic (exact) mass is 331 g/mol. The molecule has 0 atom stereocenters. The summed E-state index contributed by atoms with van der Waals surface area (Å²) < 4.78 is 31.5. The first-order valence-electron chi connectivity index (χ1n) is 5.82. The second-order valence-electron chi connectivity index (χ2n) is 4.51. The van der Waals surface area contributed by atoms with Crippen LogP contribution in [0.3, 0.4) is 0 Å². The van der Waals surface area contributed by atoms with Crippen molar-refractivity contribution in [2.24, 2.45) is 0 Å². The molecule has 2 aromatic rings. The third-order valence-corrected chi connectivity index (χ3v) is 6.05. The molecule has 18 heavy (non-hydrogen) atoms. The Hall–Kier alpha value is -0.911. The van der Waals surface area contributed by atoms with Gasteiger partial charge in [-0.25, -0.2) is 0 Å². The number of rotatable bonds is 2. The molecule has 1 aromatic heterocycles. The van der Waals surface area contributed by atoms with Crippen LogP contribution in [0.15, 0.2) is 18.2 Å². The van der Waals surface area contributed by atoms with Crippen molar-refractivity contribution in [3.63, 3.8) is 0 Å². The molecule has 0 spiro atoms. The molecule has 2 heterocycles. The quantitative estimate of drug-likeness (QED) is 0.820. The van der Waals surface area contributed by atoms with Crippen LogP contribution >= 0.6 is 0 Å². The molecule has 5 nitrogen and oxygen atoms in total. The molecule has 1 aliphatic rings. The first-order chi connectivity index (χ1) is 8.64. The third kappa shape index (κ3) is 2.43. The number of hydrogen-bond acceptors (Lipinski definition) is 5. The van der Waals surface area contributed by atoms with Gasteiger partial charge in [0.25, 0.3) is 0 Å². The van der Waals surface area contributed by atoms with E-state index in [0.29, 0.717) is 12.8 Å². The molecule has 96 valence electrons. The van der Waals surface area contributed by atoms with Gasteiger partial charge in [-0.1, -0.05) is 0 Å². The molecule has 1 aliphatic heterocycles. The number of benzene rings is 1. The molecule has 0 aliphatic carbocycles. The minimum atomic E-state index is -2.80. The molecule has 7 heteroatoms. The SMILES string of the molecule is O=S1(=O)CCC(Nc2cccc3n[se]nc23)CC1. The molecular weight excluding hydrogens is 317 g/mol. The first-order valence-corrected chi connectivity index (χ1v) is 9.18. The van der Waals surface area contributed by atoms with Crippen LogP contribution < -0.4 is 5.32 Å². The van der Waals surface area contributed by atoms with Gasteiger partial charge < -0.3 is 0 Å². The Balaban J connectivity index is 1.79. The molecule has 0 unspecified atom stereocenters. The molecular formula is C11H13N3O2SSe. The van der Waals surface area contributed by atoms with Crippen LogP contribution in [0.25, 0.3) is 11.0 Å². The molecule has 0 bridgehead atoms. The zero-order chi connectivity index (χ0) is 12.6. The van der Waals surface area contributed by atoms with Gasteiger partial charge in [0, 0.05) is 0 Å². The Bertz CT molecular complexity index is 654. The number of nitrogens with one attached hydrogen (secondary N) is 1. The van der Waals surface area contributed by atoms with Crippen LogP contribution in [-0.2, 0) is 9.84 Å². The third-order valence-electron chi connectivity index (χ3n) is 3.20. The number of anilines is 1. The van der Waals surface area contributed by atoms with Gasteiger partial charge in [0.2, 0.25) is 0 Å². The van der Waals surface area contributed by atoms with Crippen molar-refractivity contribution in [2.75, 3.05) is 16.8 Å². The Morgan fingerprint density at radius 3 is 2.78 bits per heavy atom. The van der Waals surface area contributed by atoms with Gasteiger partial charge in [-0.15, -0.1) is 0 Å². The summed E-state index contributed by atoms with van der Waals surface area (Å²) in [5.74, 6) is 0.566. The van der Waals surface area contributed by atoms with Crippen LogP contribution in [0.2, 0.25) is 0 Å². The first kappa shape index (κ1) is 12.1. The Morgan fingerprint density at radius 1 is 1.22 bits per heavy atom. The minimum absolute atomic E-state index is 0.0317. The van der Waals surface area contributed by atoms with Crippen molar-refractivity contribution in [1.29, 1.82) is 0 Å². The predicted octanol–water partition coefficient (Wildman–Crippen LogP) is 0.676. The molecule has 0 saturated carbocycles. The van der Waals surface area contributed by atoms with E-state index in [9.17, 15) is 8.42 Å². The Labute approximate surface area is 112 Å². The van der Waals surface area contributed by atoms with E-state index in [1.54, 1.807) is 0 Å². The fourth-order valence-electron chi connectivity index (χ4n) is 2.18. The summed E-state index contributed by atoms with van der Waals surface area (Å²) in [5.41, 5.74) is 2.87. The number of aromatic nitrogens is 2. The van der Waals surface area contributed by atoms with Crippen molar-refractivity contribution >= 4 is 41.5 Å². The summed E-state index contributed by atoms with van der Waals surface area (Å²) in [5, 5.41) is 3.41. The molecule has 0 radical (unpaired) electrons. The van der Waals surface area contributed by atoms with Crippen molar-refractivity contribution < 1.29 is 8.42 Å². The fraction of sp³-hybridized carbons (Fsp3) is 0.455. The van der Waals surface area contributed by atoms with Gasteiger partial charge in [0.15, 0.2) is 0 Å². The Morgan fingerprint density at radius 2 is 2.00 bits per heavy atom. The van der Waals surface area contributed by atoms with Crippen molar-refractivity contribution in [2.45, 2.75) is 18.9 Å². The summed E-state index contributed by atoms with van der Waals surface area (Å²) in [6, 6.07) is 6.14. The van der Waals surface area contributed by atoms with Crippen LogP contribution in [0, 0.1) is 0 Å². The average molecular weight is 330 g/mol. The van der Waals surface area contributed by atoms with Crippen LogP contribution in [0.1, 0.15) is 12.8 Å². The zero-order valence-corrected chi connectivity index (χ0v) is 12.2. The van der Waals surface area contributed by atoms with Gasteiger partial charge in [-0.3, -0.25) is 0 Å². The standard InChI is InChI=1S/C11H13N3O2SSe/c15-17(16)6-4-8(5-7-17)12-9-2-1-3-10-11(9)14-18-13-10/h1-3,8,12H,4-7H2. The molecule has 0 amide bonds. The van der Waals surface area contributed by atoms with E-state index in [1.165, 1.54) is 0 Å². The van der Waals surface area contributed by atoms with Crippen molar-refractivity contribution in [1.82, 2.24) is 7.96 Å². The molecule has 1 fully saturated rings. The second kappa shape index (κ2) is 4.64. The van der Waals surface area contributed by atoms with Crippen molar-refractivity contribution in [3.05, 3.63) is 18.2 Å².